The summed E-state index contributed by atoms with van der Waals surface area (Å²) in [4.78, 5) is 22.9. The molecule has 0 aromatic carbocycles. The highest BCUT2D eigenvalue weighted by molar-refractivity contribution is 5.84. The average Bonchev–Trinajstić information content (AvgIpc) is 2.15. The normalized spacial score (nSPS) is 26.2. The number of nitrogens with one attached hydrogen (secondary N) is 1. The van der Waals surface area contributed by atoms with Gasteiger partial charge in [0.2, 0.25) is 5.91 Å². The smallest absolute Gasteiger partial charge is 0.224 e. The molecule has 0 aromatic rings. The van der Waals surface area contributed by atoms with E-state index in [1.807, 2.05) is 20.8 Å². The fourth-order valence-electron chi connectivity index (χ4n) is 2.19. The van der Waals surface area contributed by atoms with E-state index in [9.17, 15) is 14.7 Å². The van der Waals surface area contributed by atoms with Crippen LogP contribution in [-0.2, 0) is 9.59 Å². The van der Waals surface area contributed by atoms with Gasteiger partial charge in [0.05, 0.1) is 0 Å². The summed E-state index contributed by atoms with van der Waals surface area (Å²) in [7, 11) is 0. The van der Waals surface area contributed by atoms with Crippen molar-refractivity contribution in [2.24, 2.45) is 11.8 Å². The molecule has 0 saturated heterocycles. The van der Waals surface area contributed by atoms with E-state index in [0.29, 0.717) is 12.8 Å². The Morgan fingerprint density at radius 3 is 2.06 bits per heavy atom. The third-order valence-corrected chi connectivity index (χ3v) is 2.90. The van der Waals surface area contributed by atoms with Crippen LogP contribution in [0, 0.1) is 11.8 Å². The molecular weight excluding hydrogens is 206 g/mol. The van der Waals surface area contributed by atoms with Gasteiger partial charge in [0.1, 0.15) is 0 Å². The highest BCUT2D eigenvalue weighted by Gasteiger charge is 2.33. The highest BCUT2D eigenvalue weighted by atomic mass is 16.4. The van der Waals surface area contributed by atoms with Crippen molar-refractivity contribution in [3.05, 3.63) is 0 Å². The largest absolute Gasteiger partial charge is 0.550 e. The lowest BCUT2D eigenvalue weighted by molar-refractivity contribution is -0.314. The summed E-state index contributed by atoms with van der Waals surface area (Å²) >= 11 is 0. The van der Waals surface area contributed by atoms with Crippen molar-refractivity contribution in [3.63, 3.8) is 0 Å². The molecule has 0 radical (unpaired) electrons. The van der Waals surface area contributed by atoms with E-state index in [4.69, 9.17) is 0 Å². The molecule has 0 heterocycles. The van der Waals surface area contributed by atoms with Crippen LogP contribution in [-0.4, -0.2) is 17.4 Å². The Morgan fingerprint density at radius 1 is 1.12 bits per heavy atom. The van der Waals surface area contributed by atoms with Crippen LogP contribution in [0.15, 0.2) is 0 Å². The predicted molar refractivity (Wildman–Crippen MR) is 58.4 cm³/mol. The topological polar surface area (TPSA) is 69.2 Å². The van der Waals surface area contributed by atoms with Crippen LogP contribution >= 0.6 is 0 Å². The number of carboxylic acids is 1. The van der Waals surface area contributed by atoms with Crippen LogP contribution < -0.4 is 10.4 Å². The molecule has 0 aromatic heterocycles. The summed E-state index contributed by atoms with van der Waals surface area (Å²) in [5.74, 6) is -2.27. The number of carbonyl (C=O) groups excluding carboxylic acids is 2. The first-order valence-electron chi connectivity index (χ1n) is 5.84. The van der Waals surface area contributed by atoms with E-state index in [1.165, 1.54) is 0 Å². The van der Waals surface area contributed by atoms with Gasteiger partial charge in [-0.1, -0.05) is 12.8 Å². The minimum Gasteiger partial charge on any atom is -0.550 e. The van der Waals surface area contributed by atoms with Crippen molar-refractivity contribution in [1.29, 1.82) is 0 Å². The molecule has 1 saturated carbocycles. The molecular formula is C12H20NO3-. The lowest BCUT2D eigenvalue weighted by atomic mass is 9.78. The lowest BCUT2D eigenvalue weighted by Crippen LogP contribution is -2.49. The van der Waals surface area contributed by atoms with E-state index in [1.54, 1.807) is 0 Å². The number of carbonyl (C=O) groups is 2. The fourth-order valence-corrected chi connectivity index (χ4v) is 2.19. The first kappa shape index (κ1) is 13.0. The van der Waals surface area contributed by atoms with Gasteiger partial charge in [-0.05, 0) is 33.6 Å². The van der Waals surface area contributed by atoms with E-state index < -0.39 is 17.8 Å². The van der Waals surface area contributed by atoms with Crippen LogP contribution in [0.2, 0.25) is 0 Å². The second kappa shape index (κ2) is 4.85. The molecule has 1 fully saturated rings. The minimum absolute atomic E-state index is 0.151. The number of aliphatic carboxylic acids is 1. The Bertz CT molecular complexity index is 280. The second-order valence-corrected chi connectivity index (χ2v) is 5.56. The molecule has 1 aliphatic carbocycles. The molecule has 2 atom stereocenters. The Balaban J connectivity index is 2.68. The van der Waals surface area contributed by atoms with Gasteiger partial charge in [-0.3, -0.25) is 4.79 Å². The zero-order valence-electron chi connectivity index (χ0n) is 10.2. The van der Waals surface area contributed by atoms with Crippen LogP contribution in [0.4, 0.5) is 0 Å². The summed E-state index contributed by atoms with van der Waals surface area (Å²) in [6.45, 7) is 5.67. The maximum Gasteiger partial charge on any atom is 0.224 e. The van der Waals surface area contributed by atoms with Gasteiger partial charge in [-0.25, -0.2) is 0 Å². The van der Waals surface area contributed by atoms with Crippen molar-refractivity contribution >= 4 is 11.9 Å². The molecule has 0 aliphatic heterocycles. The maximum absolute atomic E-state index is 11.9. The van der Waals surface area contributed by atoms with Crippen molar-refractivity contribution in [2.75, 3.05) is 0 Å². The van der Waals surface area contributed by atoms with Crippen molar-refractivity contribution in [1.82, 2.24) is 5.32 Å². The SMILES string of the molecule is CC(C)(C)NC(=O)[C@H]1CCCC[C@H]1C(=O)[O-]. The maximum atomic E-state index is 11.9. The molecule has 0 unspecified atom stereocenters. The molecule has 1 amide bonds. The van der Waals surface area contributed by atoms with Crippen LogP contribution in [0.5, 0.6) is 0 Å². The standard InChI is InChI=1S/C12H21NO3/c1-12(2,3)13-10(14)8-6-4-5-7-9(8)11(15)16/h8-9H,4-7H2,1-3H3,(H,13,14)(H,15,16)/p-1/t8-,9+/m0/s1. The molecule has 1 N–H and O–H groups in total. The van der Waals surface area contributed by atoms with Crippen LogP contribution in [0.3, 0.4) is 0 Å². The van der Waals surface area contributed by atoms with E-state index in [0.717, 1.165) is 12.8 Å². The summed E-state index contributed by atoms with van der Waals surface area (Å²) in [5, 5.41) is 13.8. The molecule has 92 valence electrons. The quantitative estimate of drug-likeness (QED) is 0.743. The van der Waals surface area contributed by atoms with Gasteiger partial charge in [0, 0.05) is 23.3 Å². The molecule has 0 bridgehead atoms. The summed E-state index contributed by atoms with van der Waals surface area (Å²) < 4.78 is 0. The van der Waals surface area contributed by atoms with Gasteiger partial charge in [-0.2, -0.15) is 0 Å². The Kier molecular flexibility index (Phi) is 3.94. The summed E-state index contributed by atoms with van der Waals surface area (Å²) in [6.07, 6.45) is 3.01. The number of amides is 1. The number of hydrogen-bond donors (Lipinski definition) is 1. The molecule has 1 aliphatic rings. The molecule has 4 heteroatoms. The zero-order valence-corrected chi connectivity index (χ0v) is 10.2. The first-order chi connectivity index (χ1) is 7.31. The lowest BCUT2D eigenvalue weighted by Gasteiger charge is -2.33. The van der Waals surface area contributed by atoms with E-state index in [2.05, 4.69) is 5.32 Å². The van der Waals surface area contributed by atoms with Crippen molar-refractivity contribution in [2.45, 2.75) is 52.0 Å². The number of hydrogen-bond acceptors (Lipinski definition) is 3. The number of carboxylic acid groups (broad SMARTS) is 1. The highest BCUT2D eigenvalue weighted by Crippen LogP contribution is 2.30. The third kappa shape index (κ3) is 3.51. The summed E-state index contributed by atoms with van der Waals surface area (Å²) in [6, 6.07) is 0. The van der Waals surface area contributed by atoms with Gasteiger partial charge in [-0.15, -0.1) is 0 Å². The van der Waals surface area contributed by atoms with Crippen LogP contribution in [0.25, 0.3) is 0 Å². The van der Waals surface area contributed by atoms with Gasteiger partial charge in [0.25, 0.3) is 0 Å². The Labute approximate surface area is 96.4 Å². The van der Waals surface area contributed by atoms with Crippen molar-refractivity contribution < 1.29 is 14.7 Å². The monoisotopic (exact) mass is 226 g/mol. The molecule has 4 nitrogen and oxygen atoms in total. The predicted octanol–water partition coefficient (Wildman–Crippen LogP) is 0.457. The van der Waals surface area contributed by atoms with E-state index >= 15 is 0 Å². The Morgan fingerprint density at radius 2 is 1.62 bits per heavy atom. The van der Waals surface area contributed by atoms with Crippen molar-refractivity contribution in [3.8, 4) is 0 Å². The minimum atomic E-state index is -1.09. The molecule has 16 heavy (non-hydrogen) atoms. The average molecular weight is 226 g/mol. The summed E-state index contributed by atoms with van der Waals surface area (Å²) in [5.41, 5.74) is -0.314. The number of rotatable bonds is 2. The third-order valence-electron chi connectivity index (χ3n) is 2.90. The van der Waals surface area contributed by atoms with Gasteiger partial charge >= 0.3 is 0 Å². The molecule has 1 rings (SSSR count). The fraction of sp³-hybridized carbons (Fsp3) is 0.833. The zero-order chi connectivity index (χ0) is 12.3. The first-order valence-corrected chi connectivity index (χ1v) is 5.84. The second-order valence-electron chi connectivity index (χ2n) is 5.56. The van der Waals surface area contributed by atoms with Gasteiger partial charge in [0.15, 0.2) is 0 Å². The van der Waals surface area contributed by atoms with Gasteiger partial charge < -0.3 is 15.2 Å². The van der Waals surface area contributed by atoms with Crippen LogP contribution in [0.1, 0.15) is 46.5 Å². The molecule has 0 spiro atoms. The Hall–Kier alpha value is -1.06. The van der Waals surface area contributed by atoms with E-state index in [-0.39, 0.29) is 11.4 Å².